The summed E-state index contributed by atoms with van der Waals surface area (Å²) in [5.74, 6) is 2.15. The lowest BCUT2D eigenvalue weighted by Crippen LogP contribution is -2.42. The molecule has 158 valence electrons. The van der Waals surface area contributed by atoms with E-state index in [0.29, 0.717) is 25.6 Å². The van der Waals surface area contributed by atoms with Gasteiger partial charge < -0.3 is 25.0 Å². The molecule has 1 amide bonds. The molecule has 0 aliphatic heterocycles. The van der Waals surface area contributed by atoms with Gasteiger partial charge in [0.05, 0.1) is 26.3 Å². The Labute approximate surface area is 185 Å². The highest BCUT2D eigenvalue weighted by molar-refractivity contribution is 14.0. The van der Waals surface area contributed by atoms with Gasteiger partial charge in [0.25, 0.3) is 0 Å². The number of para-hydroxylation sites is 1. The van der Waals surface area contributed by atoms with E-state index in [1.54, 1.807) is 14.0 Å². The zero-order valence-corrected chi connectivity index (χ0v) is 19.6. The molecule has 0 bridgehead atoms. The fourth-order valence-electron chi connectivity index (χ4n) is 2.95. The molecule has 0 saturated heterocycles. The summed E-state index contributed by atoms with van der Waals surface area (Å²) in [5, 5.41) is 6.27. The molecule has 1 aliphatic carbocycles. The fraction of sp³-hybridized carbons (Fsp3) is 0.600. The lowest BCUT2D eigenvalue weighted by atomic mass is 10.2. The van der Waals surface area contributed by atoms with Gasteiger partial charge in [-0.3, -0.25) is 4.99 Å². The number of amides is 1. The van der Waals surface area contributed by atoms with Gasteiger partial charge in [0, 0.05) is 25.7 Å². The summed E-state index contributed by atoms with van der Waals surface area (Å²) >= 11 is 0. The van der Waals surface area contributed by atoms with Gasteiger partial charge in [-0.15, -0.1) is 24.0 Å². The van der Waals surface area contributed by atoms with E-state index in [4.69, 9.17) is 14.5 Å². The predicted molar refractivity (Wildman–Crippen MR) is 123 cm³/mol. The molecule has 0 radical (unpaired) electrons. The second-order valence-electron chi connectivity index (χ2n) is 6.67. The second-order valence-corrected chi connectivity index (χ2v) is 6.67. The zero-order valence-electron chi connectivity index (χ0n) is 17.2. The van der Waals surface area contributed by atoms with E-state index < -0.39 is 0 Å². The molecule has 1 saturated carbocycles. The molecule has 2 N–H and O–H groups in total. The molecule has 1 atom stereocenters. The van der Waals surface area contributed by atoms with Crippen LogP contribution in [0.4, 0.5) is 4.79 Å². The average Bonchev–Trinajstić information content (AvgIpc) is 3.49. The van der Waals surface area contributed by atoms with Crippen LogP contribution in [-0.4, -0.2) is 56.8 Å². The van der Waals surface area contributed by atoms with Crippen LogP contribution < -0.4 is 15.4 Å². The van der Waals surface area contributed by atoms with E-state index in [-0.39, 0.29) is 36.1 Å². The van der Waals surface area contributed by atoms with Crippen molar-refractivity contribution in [1.29, 1.82) is 0 Å². The number of alkyl carbamates (subject to hydrolysis) is 1. The largest absolute Gasteiger partial charge is 0.496 e. The normalized spacial score (nSPS) is 14.5. The Morgan fingerprint density at radius 2 is 2.04 bits per heavy atom. The van der Waals surface area contributed by atoms with Gasteiger partial charge in [0.15, 0.2) is 5.96 Å². The Hall–Kier alpha value is -1.71. The average molecular weight is 504 g/mol. The Balaban J connectivity index is 0.00000392. The fourth-order valence-corrected chi connectivity index (χ4v) is 2.95. The van der Waals surface area contributed by atoms with E-state index >= 15 is 0 Å². The minimum Gasteiger partial charge on any atom is -0.496 e. The lowest BCUT2D eigenvalue weighted by Gasteiger charge is -2.24. The van der Waals surface area contributed by atoms with Crippen molar-refractivity contribution in [3.8, 4) is 5.75 Å². The molecular formula is C20H33IN4O3. The van der Waals surface area contributed by atoms with Crippen LogP contribution in [0.5, 0.6) is 5.75 Å². The number of methoxy groups -OCH3 is 1. The van der Waals surface area contributed by atoms with Gasteiger partial charge in [-0.05, 0) is 38.7 Å². The molecule has 2 rings (SSSR count). The van der Waals surface area contributed by atoms with Crippen LogP contribution >= 0.6 is 24.0 Å². The first-order valence-corrected chi connectivity index (χ1v) is 9.63. The monoisotopic (exact) mass is 504 g/mol. The van der Waals surface area contributed by atoms with E-state index in [1.165, 1.54) is 0 Å². The molecule has 7 nitrogen and oxygen atoms in total. The number of guanidine groups is 1. The summed E-state index contributed by atoms with van der Waals surface area (Å²) in [6.07, 6.45) is 1.89. The number of hydrogen-bond acceptors (Lipinski definition) is 4. The predicted octanol–water partition coefficient (Wildman–Crippen LogP) is 3.24. The number of benzene rings is 1. The van der Waals surface area contributed by atoms with E-state index in [9.17, 15) is 4.79 Å². The maximum Gasteiger partial charge on any atom is 0.407 e. The number of ether oxygens (including phenoxy) is 2. The maximum absolute atomic E-state index is 11.8. The third kappa shape index (κ3) is 7.73. The van der Waals surface area contributed by atoms with Crippen molar-refractivity contribution in [2.45, 2.75) is 39.3 Å². The SMILES string of the molecule is CCNC(=NCC(NC(=O)OCC)C1CC1)N(C)Cc1ccccc1OC.I. The van der Waals surface area contributed by atoms with Crippen molar-refractivity contribution in [3.63, 3.8) is 0 Å². The quantitative estimate of drug-likeness (QED) is 0.307. The highest BCUT2D eigenvalue weighted by Crippen LogP contribution is 2.32. The highest BCUT2D eigenvalue weighted by Gasteiger charge is 2.32. The zero-order chi connectivity index (χ0) is 19.6. The van der Waals surface area contributed by atoms with Crippen LogP contribution in [0.2, 0.25) is 0 Å². The van der Waals surface area contributed by atoms with Crippen LogP contribution in [-0.2, 0) is 11.3 Å². The van der Waals surface area contributed by atoms with Crippen LogP contribution in [0.25, 0.3) is 0 Å². The summed E-state index contributed by atoms with van der Waals surface area (Å²) in [5.41, 5.74) is 1.09. The molecule has 1 aromatic carbocycles. The Morgan fingerprint density at radius 1 is 1.32 bits per heavy atom. The standard InChI is InChI=1S/C20H32N4O3.HI/c1-5-21-19(24(3)14-16-9-7-8-10-18(16)26-4)22-13-17(15-11-12-15)23-20(25)27-6-2;/h7-10,15,17H,5-6,11-14H2,1-4H3,(H,21,22)(H,23,25);1H. The van der Waals surface area contributed by atoms with Crippen LogP contribution in [0.3, 0.4) is 0 Å². The number of halogens is 1. The number of hydrogen-bond donors (Lipinski definition) is 2. The van der Waals surface area contributed by atoms with Crippen molar-refractivity contribution in [2.75, 3.05) is 33.9 Å². The summed E-state index contributed by atoms with van der Waals surface area (Å²) in [6, 6.07) is 7.98. The Morgan fingerprint density at radius 3 is 2.64 bits per heavy atom. The molecule has 28 heavy (non-hydrogen) atoms. The molecule has 1 aliphatic rings. The number of carbonyl (C=O) groups excluding carboxylic acids is 1. The van der Waals surface area contributed by atoms with E-state index in [0.717, 1.165) is 36.7 Å². The second kappa shape index (κ2) is 12.7. The summed E-state index contributed by atoms with van der Waals surface area (Å²) in [6.45, 7) is 6.20. The first-order chi connectivity index (χ1) is 13.1. The van der Waals surface area contributed by atoms with Gasteiger partial charge in [0.2, 0.25) is 0 Å². The molecular weight excluding hydrogens is 471 g/mol. The van der Waals surface area contributed by atoms with Crippen molar-refractivity contribution in [3.05, 3.63) is 29.8 Å². The third-order valence-corrected chi connectivity index (χ3v) is 4.50. The summed E-state index contributed by atoms with van der Waals surface area (Å²) < 4.78 is 10.5. The highest BCUT2D eigenvalue weighted by atomic mass is 127. The Kier molecular flexibility index (Phi) is 11.0. The molecule has 1 aromatic rings. The van der Waals surface area contributed by atoms with Gasteiger partial charge >= 0.3 is 6.09 Å². The molecule has 8 heteroatoms. The van der Waals surface area contributed by atoms with Crippen molar-refractivity contribution < 1.29 is 14.3 Å². The number of aliphatic imine (C=N–C) groups is 1. The smallest absolute Gasteiger partial charge is 0.407 e. The van der Waals surface area contributed by atoms with Gasteiger partial charge in [-0.25, -0.2) is 4.79 Å². The minimum absolute atomic E-state index is 0. The third-order valence-electron chi connectivity index (χ3n) is 4.50. The molecule has 0 spiro atoms. The minimum atomic E-state index is -0.364. The van der Waals surface area contributed by atoms with Crippen molar-refractivity contribution in [2.24, 2.45) is 10.9 Å². The lowest BCUT2D eigenvalue weighted by molar-refractivity contribution is 0.147. The molecule has 1 unspecified atom stereocenters. The Bertz CT molecular complexity index is 638. The number of rotatable bonds is 9. The number of nitrogens with one attached hydrogen (secondary N) is 2. The van der Waals surface area contributed by atoms with Crippen LogP contribution in [0, 0.1) is 5.92 Å². The van der Waals surface area contributed by atoms with E-state index in [2.05, 4.69) is 15.5 Å². The molecule has 0 aromatic heterocycles. The van der Waals surface area contributed by atoms with Crippen molar-refractivity contribution in [1.82, 2.24) is 15.5 Å². The first kappa shape index (κ1) is 24.3. The molecule has 0 heterocycles. The van der Waals surface area contributed by atoms with Gasteiger partial charge in [0.1, 0.15) is 5.75 Å². The van der Waals surface area contributed by atoms with E-state index in [1.807, 2.05) is 38.2 Å². The van der Waals surface area contributed by atoms with Crippen LogP contribution in [0.1, 0.15) is 32.3 Å². The van der Waals surface area contributed by atoms with Crippen molar-refractivity contribution >= 4 is 36.0 Å². The van der Waals surface area contributed by atoms with Gasteiger partial charge in [-0.1, -0.05) is 18.2 Å². The summed E-state index contributed by atoms with van der Waals surface area (Å²) in [4.78, 5) is 18.6. The van der Waals surface area contributed by atoms with Crippen LogP contribution in [0.15, 0.2) is 29.3 Å². The number of carbonyl (C=O) groups is 1. The first-order valence-electron chi connectivity index (χ1n) is 9.63. The molecule has 1 fully saturated rings. The maximum atomic E-state index is 11.8. The topological polar surface area (TPSA) is 75.2 Å². The van der Waals surface area contributed by atoms with Gasteiger partial charge in [-0.2, -0.15) is 0 Å². The number of nitrogens with zero attached hydrogens (tertiary/aromatic N) is 2. The summed E-state index contributed by atoms with van der Waals surface area (Å²) in [7, 11) is 3.68.